The third kappa shape index (κ3) is 4.16. The lowest BCUT2D eigenvalue weighted by Gasteiger charge is -2.16. The number of hydrogen-bond acceptors (Lipinski definition) is 3. The van der Waals surface area contributed by atoms with Crippen molar-refractivity contribution < 1.29 is 14.7 Å². The Morgan fingerprint density at radius 2 is 1.74 bits per heavy atom. The number of anilines is 1. The number of carbonyl (C=O) groups is 2. The highest BCUT2D eigenvalue weighted by Crippen LogP contribution is 2.23. The van der Waals surface area contributed by atoms with Gasteiger partial charge in [-0.1, -0.05) is 18.6 Å². The van der Waals surface area contributed by atoms with Gasteiger partial charge in [0.1, 0.15) is 0 Å². The number of fused-ring (bicyclic) bond motifs is 2. The van der Waals surface area contributed by atoms with E-state index in [1.54, 1.807) is 12.1 Å². The Balaban J connectivity index is 2.03. The van der Waals surface area contributed by atoms with Crippen LogP contribution in [0, 0.1) is 0 Å². The van der Waals surface area contributed by atoms with Gasteiger partial charge in [0.15, 0.2) is 5.43 Å². The summed E-state index contributed by atoms with van der Waals surface area (Å²) in [6, 6.07) is 12.8. The van der Waals surface area contributed by atoms with Crippen LogP contribution in [-0.4, -0.2) is 21.6 Å². The molecule has 0 saturated carbocycles. The van der Waals surface area contributed by atoms with Gasteiger partial charge in [0.05, 0.1) is 11.0 Å². The van der Waals surface area contributed by atoms with Crippen molar-refractivity contribution in [1.29, 1.82) is 0 Å². The van der Waals surface area contributed by atoms with Crippen molar-refractivity contribution >= 4 is 39.4 Å². The highest BCUT2D eigenvalue weighted by atomic mass is 16.4. The maximum Gasteiger partial charge on any atom is 0.303 e. The largest absolute Gasteiger partial charge is 0.481 e. The maximum atomic E-state index is 12.9. The minimum Gasteiger partial charge on any atom is -0.481 e. The quantitative estimate of drug-likeness (QED) is 0.492. The topological polar surface area (TPSA) is 88.4 Å². The lowest BCUT2D eigenvalue weighted by molar-refractivity contribution is -0.137. The summed E-state index contributed by atoms with van der Waals surface area (Å²) >= 11 is 0. The van der Waals surface area contributed by atoms with Crippen LogP contribution in [0.2, 0.25) is 0 Å². The summed E-state index contributed by atoms with van der Waals surface area (Å²) in [5.74, 6) is -0.964. The van der Waals surface area contributed by atoms with Crippen molar-refractivity contribution in [2.45, 2.75) is 39.2 Å². The van der Waals surface area contributed by atoms with Gasteiger partial charge in [-0.2, -0.15) is 0 Å². The van der Waals surface area contributed by atoms with Crippen LogP contribution in [0.3, 0.4) is 0 Å². The van der Waals surface area contributed by atoms with E-state index in [2.05, 4.69) is 9.88 Å². The average molecular weight is 366 g/mol. The Labute approximate surface area is 156 Å². The van der Waals surface area contributed by atoms with Crippen LogP contribution in [0.5, 0.6) is 0 Å². The number of carbonyl (C=O) groups excluding carboxylic acids is 1. The summed E-state index contributed by atoms with van der Waals surface area (Å²) in [6.07, 6.45) is 2.44. The van der Waals surface area contributed by atoms with Crippen LogP contribution in [0.15, 0.2) is 47.3 Å². The number of nitrogens with zero attached hydrogens (tertiary/aromatic N) is 1. The van der Waals surface area contributed by atoms with E-state index in [-0.39, 0.29) is 17.8 Å². The number of nitrogens with one attached hydrogen (secondary N) is 1. The number of para-hydroxylation sites is 1. The molecule has 3 aromatic rings. The number of aryl methyl sites for hydroxylation is 1. The number of carboxylic acids is 1. The number of benzene rings is 2. The van der Waals surface area contributed by atoms with Crippen molar-refractivity contribution in [1.82, 2.24) is 4.57 Å². The van der Waals surface area contributed by atoms with Gasteiger partial charge >= 0.3 is 5.97 Å². The second-order valence-corrected chi connectivity index (χ2v) is 6.62. The fraction of sp³-hybridized carbons (Fsp3) is 0.286. The van der Waals surface area contributed by atoms with Crippen molar-refractivity contribution in [3.63, 3.8) is 0 Å². The van der Waals surface area contributed by atoms with E-state index >= 15 is 0 Å². The maximum absolute atomic E-state index is 12.9. The van der Waals surface area contributed by atoms with E-state index < -0.39 is 5.97 Å². The van der Waals surface area contributed by atoms with Crippen molar-refractivity contribution in [2.24, 2.45) is 0 Å². The molecule has 1 aromatic heterocycles. The van der Waals surface area contributed by atoms with Crippen LogP contribution in [0.25, 0.3) is 21.8 Å². The van der Waals surface area contributed by atoms with Crippen LogP contribution >= 0.6 is 0 Å². The van der Waals surface area contributed by atoms with Gasteiger partial charge in [-0.15, -0.1) is 0 Å². The van der Waals surface area contributed by atoms with Gasteiger partial charge in [-0.25, -0.2) is 0 Å². The molecule has 27 heavy (non-hydrogen) atoms. The molecule has 6 heteroatoms. The van der Waals surface area contributed by atoms with Crippen LogP contribution in [0.1, 0.15) is 32.6 Å². The zero-order chi connectivity index (χ0) is 19.4. The average Bonchev–Trinajstić information content (AvgIpc) is 2.63. The fourth-order valence-electron chi connectivity index (χ4n) is 3.37. The van der Waals surface area contributed by atoms with E-state index in [0.29, 0.717) is 29.4 Å². The molecule has 0 aliphatic carbocycles. The van der Waals surface area contributed by atoms with Gasteiger partial charge in [-0.05, 0) is 43.2 Å². The Hall–Kier alpha value is -3.15. The van der Waals surface area contributed by atoms with Gasteiger partial charge in [0.25, 0.3) is 0 Å². The Kier molecular flexibility index (Phi) is 5.54. The summed E-state index contributed by atoms with van der Waals surface area (Å²) < 4.78 is 2.10. The van der Waals surface area contributed by atoms with E-state index in [0.717, 1.165) is 23.9 Å². The number of aromatic nitrogens is 1. The SMILES string of the molecule is CC(=O)Nc1ccc2c(c1)c(=O)c1ccccc1n2CCCCCC(=O)O. The predicted molar refractivity (Wildman–Crippen MR) is 106 cm³/mol. The molecule has 2 N–H and O–H groups in total. The minimum atomic E-state index is -0.778. The van der Waals surface area contributed by atoms with E-state index in [1.165, 1.54) is 6.92 Å². The molecule has 2 aromatic carbocycles. The van der Waals surface area contributed by atoms with Gasteiger partial charge in [-0.3, -0.25) is 14.4 Å². The molecule has 140 valence electrons. The first-order valence-corrected chi connectivity index (χ1v) is 9.02. The van der Waals surface area contributed by atoms with E-state index in [9.17, 15) is 14.4 Å². The molecule has 0 fully saturated rings. The second-order valence-electron chi connectivity index (χ2n) is 6.62. The zero-order valence-electron chi connectivity index (χ0n) is 15.2. The predicted octanol–water partition coefficient (Wildman–Crippen LogP) is 3.76. The summed E-state index contributed by atoms with van der Waals surface area (Å²) in [7, 11) is 0. The highest BCUT2D eigenvalue weighted by Gasteiger charge is 2.11. The zero-order valence-corrected chi connectivity index (χ0v) is 15.2. The van der Waals surface area contributed by atoms with E-state index in [1.807, 2.05) is 30.3 Å². The monoisotopic (exact) mass is 366 g/mol. The normalized spacial score (nSPS) is 11.0. The molecule has 0 saturated heterocycles. The molecule has 6 nitrogen and oxygen atoms in total. The summed E-state index contributed by atoms with van der Waals surface area (Å²) in [4.78, 5) is 34.9. The van der Waals surface area contributed by atoms with Gasteiger partial charge in [0.2, 0.25) is 5.91 Å². The molecule has 0 aliphatic heterocycles. The van der Waals surface area contributed by atoms with Gasteiger partial charge in [0, 0.05) is 36.3 Å². The molecule has 0 bridgehead atoms. The number of amides is 1. The lowest BCUT2D eigenvalue weighted by Crippen LogP contribution is -2.13. The van der Waals surface area contributed by atoms with Crippen LogP contribution in [0.4, 0.5) is 5.69 Å². The van der Waals surface area contributed by atoms with Crippen molar-refractivity contribution in [3.05, 3.63) is 52.7 Å². The molecule has 3 rings (SSSR count). The molecule has 1 amide bonds. The van der Waals surface area contributed by atoms with Crippen LogP contribution in [-0.2, 0) is 16.1 Å². The lowest BCUT2D eigenvalue weighted by atomic mass is 10.1. The Bertz CT molecular complexity index is 1070. The molecule has 0 spiro atoms. The van der Waals surface area contributed by atoms with Crippen molar-refractivity contribution in [3.8, 4) is 0 Å². The minimum absolute atomic E-state index is 0.0603. The number of hydrogen-bond donors (Lipinski definition) is 2. The summed E-state index contributed by atoms with van der Waals surface area (Å²) in [5, 5.41) is 12.7. The number of pyridine rings is 1. The first kappa shape index (κ1) is 18.6. The number of carboxylic acid groups (broad SMARTS) is 1. The Morgan fingerprint density at radius 1 is 1.00 bits per heavy atom. The van der Waals surface area contributed by atoms with Crippen molar-refractivity contribution in [2.75, 3.05) is 5.32 Å². The number of unbranched alkanes of at least 4 members (excludes halogenated alkanes) is 2. The Morgan fingerprint density at radius 3 is 2.48 bits per heavy atom. The molecule has 0 atom stereocenters. The van der Waals surface area contributed by atoms with E-state index in [4.69, 9.17) is 5.11 Å². The summed E-state index contributed by atoms with van der Waals surface area (Å²) in [5.41, 5.74) is 2.21. The third-order valence-corrected chi connectivity index (χ3v) is 4.56. The highest BCUT2D eigenvalue weighted by molar-refractivity contribution is 5.97. The fourth-order valence-corrected chi connectivity index (χ4v) is 3.37. The molecular weight excluding hydrogens is 344 g/mol. The molecule has 0 radical (unpaired) electrons. The number of rotatable bonds is 7. The molecule has 1 heterocycles. The summed E-state index contributed by atoms with van der Waals surface area (Å²) in [6.45, 7) is 2.12. The molecular formula is C21H22N2O4. The van der Waals surface area contributed by atoms with Gasteiger partial charge < -0.3 is 15.0 Å². The number of aliphatic carboxylic acids is 1. The third-order valence-electron chi connectivity index (χ3n) is 4.56. The second kappa shape index (κ2) is 8.03. The first-order valence-electron chi connectivity index (χ1n) is 9.02. The molecule has 0 aliphatic rings. The smallest absolute Gasteiger partial charge is 0.303 e. The standard InChI is InChI=1S/C21H22N2O4/c1-14(24)22-15-10-11-19-17(13-15)21(27)16-7-4-5-8-18(16)23(19)12-6-2-3-9-20(25)26/h4-5,7-8,10-11,13H,2-3,6,9,12H2,1H3,(H,22,24)(H,25,26). The van der Waals surface area contributed by atoms with Crippen LogP contribution < -0.4 is 10.7 Å². The first-order chi connectivity index (χ1) is 13.0. The molecule has 0 unspecified atom stereocenters.